The van der Waals surface area contributed by atoms with Gasteiger partial charge in [-0.1, -0.05) is 229 Å². The monoisotopic (exact) mass is 945 g/mol. The van der Waals surface area contributed by atoms with Gasteiger partial charge in [0.2, 0.25) is 0 Å². The van der Waals surface area contributed by atoms with Crippen molar-refractivity contribution < 1.29 is 42.9 Å². The highest BCUT2D eigenvalue weighted by Crippen LogP contribution is 2.17. The Morgan fingerprint density at radius 3 is 1.27 bits per heavy atom. The van der Waals surface area contributed by atoms with Gasteiger partial charge in [-0.15, -0.1) is 0 Å². The summed E-state index contributed by atoms with van der Waals surface area (Å²) in [5.41, 5.74) is 0. The van der Waals surface area contributed by atoms with E-state index in [1.165, 1.54) is 154 Å². The number of aliphatic carboxylic acids is 1. The topological polar surface area (TPSA) is 108 Å². The fourth-order valence-corrected chi connectivity index (χ4v) is 7.83. The molecule has 0 aliphatic rings. The third-order valence-electron chi connectivity index (χ3n) is 12.1. The molecule has 0 aromatic rings. The predicted octanol–water partition coefficient (Wildman–Crippen LogP) is 15.9. The van der Waals surface area contributed by atoms with E-state index in [4.69, 9.17) is 18.9 Å². The highest BCUT2D eigenvalue weighted by Gasteiger charge is 2.25. The third-order valence-corrected chi connectivity index (χ3v) is 12.1. The lowest BCUT2D eigenvalue weighted by Gasteiger charge is -2.25. The number of allylic oxidation sites excluding steroid dienone is 8. The minimum atomic E-state index is -1.52. The molecule has 0 rings (SSSR count). The molecular weight excluding hydrogens is 839 g/mol. The number of carboxylic acid groups (broad SMARTS) is 1. The minimum absolute atomic E-state index is 0.179. The van der Waals surface area contributed by atoms with Crippen molar-refractivity contribution in [1.82, 2.24) is 0 Å². The maximum atomic E-state index is 12.8. The highest BCUT2D eigenvalue weighted by molar-refractivity contribution is 5.71. The summed E-state index contributed by atoms with van der Waals surface area (Å²) >= 11 is 0. The SMILES string of the molecule is CC/C=C\C/C=C\C/C=C\C/C=C\CCCCC(=O)OC(COC(=O)CCCCCCCCCCCCCCCCCCCCCCCCCCCCC)COC(OCC[N+](C)(C)C)C(=O)O. The number of rotatable bonds is 51. The van der Waals surface area contributed by atoms with E-state index in [2.05, 4.69) is 62.5 Å². The first-order valence-corrected chi connectivity index (χ1v) is 27.8. The van der Waals surface area contributed by atoms with Crippen LogP contribution < -0.4 is 0 Å². The van der Waals surface area contributed by atoms with Gasteiger partial charge >= 0.3 is 17.9 Å². The summed E-state index contributed by atoms with van der Waals surface area (Å²) in [6, 6.07) is 0. The molecule has 0 amide bonds. The van der Waals surface area contributed by atoms with Gasteiger partial charge in [0, 0.05) is 12.8 Å². The van der Waals surface area contributed by atoms with E-state index >= 15 is 0 Å². The maximum Gasteiger partial charge on any atom is 0.361 e. The molecule has 2 unspecified atom stereocenters. The number of carboxylic acids is 1. The number of carbonyl (C=O) groups excluding carboxylic acids is 2. The molecule has 0 bridgehead atoms. The van der Waals surface area contributed by atoms with Crippen LogP contribution in [0.15, 0.2) is 48.6 Å². The Morgan fingerprint density at radius 1 is 0.463 bits per heavy atom. The van der Waals surface area contributed by atoms with Crippen molar-refractivity contribution in [3.63, 3.8) is 0 Å². The quantitative estimate of drug-likeness (QED) is 0.0211. The van der Waals surface area contributed by atoms with Crippen LogP contribution in [0.3, 0.4) is 0 Å². The number of unbranched alkanes of at least 4 members (excludes halogenated alkanes) is 28. The van der Waals surface area contributed by atoms with Crippen LogP contribution >= 0.6 is 0 Å². The Hall–Kier alpha value is -2.75. The number of nitrogens with zero attached hydrogens (tertiary/aromatic N) is 1. The van der Waals surface area contributed by atoms with Crippen molar-refractivity contribution >= 4 is 17.9 Å². The van der Waals surface area contributed by atoms with E-state index in [1.807, 2.05) is 21.1 Å². The van der Waals surface area contributed by atoms with Gasteiger partial charge in [-0.05, 0) is 51.4 Å². The molecule has 0 radical (unpaired) electrons. The zero-order valence-electron chi connectivity index (χ0n) is 44.3. The Morgan fingerprint density at radius 2 is 0.851 bits per heavy atom. The van der Waals surface area contributed by atoms with Gasteiger partial charge in [0.1, 0.15) is 13.2 Å². The first-order valence-electron chi connectivity index (χ1n) is 27.8. The van der Waals surface area contributed by atoms with Crippen LogP contribution in [0.5, 0.6) is 0 Å². The fraction of sp³-hybridized carbons (Fsp3) is 0.810. The number of ether oxygens (including phenoxy) is 4. The largest absolute Gasteiger partial charge is 0.477 e. The van der Waals surface area contributed by atoms with E-state index in [-0.39, 0.29) is 32.2 Å². The average molecular weight is 945 g/mol. The summed E-state index contributed by atoms with van der Waals surface area (Å²) < 4.78 is 22.8. The van der Waals surface area contributed by atoms with Crippen molar-refractivity contribution in [2.75, 3.05) is 47.5 Å². The molecule has 0 aromatic carbocycles. The number of quaternary nitrogens is 1. The van der Waals surface area contributed by atoms with Gasteiger partial charge in [-0.2, -0.15) is 0 Å². The van der Waals surface area contributed by atoms with Crippen LogP contribution in [0.2, 0.25) is 0 Å². The first kappa shape index (κ1) is 64.2. The third kappa shape index (κ3) is 50.9. The molecule has 9 nitrogen and oxygen atoms in total. The van der Waals surface area contributed by atoms with Gasteiger partial charge in [0.05, 0.1) is 34.4 Å². The summed E-state index contributed by atoms with van der Waals surface area (Å²) in [7, 11) is 5.95. The van der Waals surface area contributed by atoms with E-state index in [1.54, 1.807) is 0 Å². The van der Waals surface area contributed by atoms with Crippen LogP contribution in [0.1, 0.15) is 245 Å². The molecule has 2 atom stereocenters. The summed E-state index contributed by atoms with van der Waals surface area (Å²) in [6.45, 7) is 4.74. The van der Waals surface area contributed by atoms with Crippen molar-refractivity contribution in [1.29, 1.82) is 0 Å². The molecule has 9 heteroatoms. The molecular formula is C58H106NO8+. The summed E-state index contributed by atoms with van der Waals surface area (Å²) in [4.78, 5) is 37.3. The molecule has 1 N–H and O–H groups in total. The van der Waals surface area contributed by atoms with Crippen LogP contribution in [0, 0.1) is 0 Å². The Balaban J connectivity index is 4.19. The molecule has 67 heavy (non-hydrogen) atoms. The molecule has 0 heterocycles. The molecule has 390 valence electrons. The minimum Gasteiger partial charge on any atom is -0.477 e. The second-order valence-electron chi connectivity index (χ2n) is 19.9. The predicted molar refractivity (Wildman–Crippen MR) is 281 cm³/mol. The number of hydrogen-bond acceptors (Lipinski definition) is 7. The van der Waals surface area contributed by atoms with Gasteiger partial charge in [-0.3, -0.25) is 9.59 Å². The van der Waals surface area contributed by atoms with Crippen molar-refractivity contribution in [3.8, 4) is 0 Å². The number of carbonyl (C=O) groups is 3. The molecule has 0 aromatic heterocycles. The standard InChI is InChI=1S/C58H105NO8/c1-6-8-10-12-14-16-18-20-22-23-24-25-26-27-28-29-30-31-32-33-35-36-38-40-42-44-46-48-55(60)65-52-54(53-66-58(57(62)63)64-51-50-59(3,4)5)67-56(61)49-47-45-43-41-39-37-34-21-19-17-15-13-11-9-7-2/h9,11,15,17,21,34,39,41,54,58H,6-8,10,12-14,16,18-20,22-33,35-38,40,42-53H2,1-5H3/p+1/b11-9-,17-15-,34-21-,41-39-. The second-order valence-corrected chi connectivity index (χ2v) is 19.9. The number of hydrogen-bond donors (Lipinski definition) is 1. The van der Waals surface area contributed by atoms with Crippen LogP contribution in [0.4, 0.5) is 0 Å². The van der Waals surface area contributed by atoms with Crippen LogP contribution in [-0.4, -0.2) is 87.4 Å². The Bertz CT molecular complexity index is 1240. The lowest BCUT2D eigenvalue weighted by Crippen LogP contribution is -2.40. The van der Waals surface area contributed by atoms with Crippen molar-refractivity contribution in [2.24, 2.45) is 0 Å². The average Bonchev–Trinajstić information content (AvgIpc) is 3.29. The van der Waals surface area contributed by atoms with Crippen LogP contribution in [0.25, 0.3) is 0 Å². The normalized spacial score (nSPS) is 13.1. The Labute approximate surface area is 412 Å². The fourth-order valence-electron chi connectivity index (χ4n) is 7.83. The van der Waals surface area contributed by atoms with E-state index < -0.39 is 24.3 Å². The molecule has 0 aliphatic heterocycles. The molecule has 0 aliphatic carbocycles. The van der Waals surface area contributed by atoms with Crippen molar-refractivity contribution in [3.05, 3.63) is 48.6 Å². The van der Waals surface area contributed by atoms with Gasteiger partial charge < -0.3 is 28.5 Å². The van der Waals surface area contributed by atoms with Crippen LogP contribution in [-0.2, 0) is 33.3 Å². The smallest absolute Gasteiger partial charge is 0.361 e. The first-order chi connectivity index (χ1) is 32.6. The number of esters is 2. The van der Waals surface area contributed by atoms with Crippen molar-refractivity contribution in [2.45, 2.75) is 257 Å². The summed E-state index contributed by atoms with van der Waals surface area (Å²) in [6.07, 6.45) is 57.8. The molecule has 0 spiro atoms. The van der Waals surface area contributed by atoms with Gasteiger partial charge in [-0.25, -0.2) is 4.79 Å². The molecule has 0 saturated heterocycles. The zero-order chi connectivity index (χ0) is 49.2. The lowest BCUT2D eigenvalue weighted by atomic mass is 10.0. The molecule has 0 fully saturated rings. The van der Waals surface area contributed by atoms with E-state index in [0.717, 1.165) is 57.8 Å². The van der Waals surface area contributed by atoms with E-state index in [0.29, 0.717) is 23.9 Å². The van der Waals surface area contributed by atoms with Gasteiger partial charge in [0.15, 0.2) is 6.10 Å². The highest BCUT2D eigenvalue weighted by atomic mass is 16.7. The zero-order valence-corrected chi connectivity index (χ0v) is 44.3. The number of likely N-dealkylation sites (N-methyl/N-ethyl adjacent to an activating group) is 1. The Kier molecular flexibility index (Phi) is 47.6. The molecule has 0 saturated carbocycles. The lowest BCUT2D eigenvalue weighted by molar-refractivity contribution is -0.870. The summed E-state index contributed by atoms with van der Waals surface area (Å²) in [5.74, 6) is -2.05. The maximum absolute atomic E-state index is 12.8. The summed E-state index contributed by atoms with van der Waals surface area (Å²) in [5, 5.41) is 9.67. The van der Waals surface area contributed by atoms with Gasteiger partial charge in [0.25, 0.3) is 6.29 Å². The van der Waals surface area contributed by atoms with E-state index in [9.17, 15) is 19.5 Å². The second kappa shape index (κ2) is 49.7.